The Bertz CT molecular complexity index is 586. The third-order valence-electron chi connectivity index (χ3n) is 5.13. The molecular weight excluding hydrogens is 354 g/mol. The van der Waals surface area contributed by atoms with Crippen molar-refractivity contribution in [1.82, 2.24) is 10.6 Å². The van der Waals surface area contributed by atoms with Crippen LogP contribution in [-0.2, 0) is 11.2 Å². The van der Waals surface area contributed by atoms with E-state index in [0.717, 1.165) is 56.4 Å². The molecule has 0 aliphatic heterocycles. The van der Waals surface area contributed by atoms with E-state index < -0.39 is 0 Å². The molecule has 2 rings (SSSR count). The van der Waals surface area contributed by atoms with Crippen molar-refractivity contribution >= 4 is 5.96 Å². The fraction of sp³-hybridized carbons (Fsp3) is 0.682. The maximum atomic E-state index is 5.96. The first-order valence-corrected chi connectivity index (χ1v) is 10.5. The molecule has 0 radical (unpaired) electrons. The first-order chi connectivity index (χ1) is 13.8. The number of rotatable bonds is 11. The molecule has 0 aromatic heterocycles. The molecule has 0 saturated heterocycles. The molecule has 6 heteroatoms. The highest BCUT2D eigenvalue weighted by molar-refractivity contribution is 5.79. The van der Waals surface area contributed by atoms with Crippen LogP contribution < -0.4 is 20.1 Å². The Morgan fingerprint density at radius 1 is 1.00 bits per heavy atom. The van der Waals surface area contributed by atoms with E-state index in [1.54, 1.807) is 14.2 Å². The van der Waals surface area contributed by atoms with Crippen LogP contribution in [0, 0.1) is 0 Å². The normalized spacial score (nSPS) is 15.3. The fourth-order valence-electron chi connectivity index (χ4n) is 3.52. The summed E-state index contributed by atoms with van der Waals surface area (Å²) in [5.74, 6) is 2.40. The van der Waals surface area contributed by atoms with Gasteiger partial charge in [-0.15, -0.1) is 0 Å². The van der Waals surface area contributed by atoms with E-state index in [9.17, 15) is 0 Å². The zero-order chi connectivity index (χ0) is 20.0. The lowest BCUT2D eigenvalue weighted by Gasteiger charge is -2.22. The van der Waals surface area contributed by atoms with E-state index in [0.29, 0.717) is 6.10 Å². The van der Waals surface area contributed by atoms with Crippen LogP contribution in [0.5, 0.6) is 11.5 Å². The standard InChI is InChI=1S/C22H37N3O3/c1-23-22(25-15-8-16-28-19-10-5-4-6-11-19)24-14-7-9-18-12-13-20(26-2)21(17-18)27-3/h12-13,17,19H,4-11,14-16H2,1-3H3,(H2,23,24,25). The molecule has 1 saturated carbocycles. The summed E-state index contributed by atoms with van der Waals surface area (Å²) in [7, 11) is 5.13. The molecule has 2 N–H and O–H groups in total. The van der Waals surface area contributed by atoms with Crippen molar-refractivity contribution in [3.63, 3.8) is 0 Å². The summed E-state index contributed by atoms with van der Waals surface area (Å²) in [6, 6.07) is 6.08. The number of ether oxygens (including phenoxy) is 3. The van der Waals surface area contributed by atoms with E-state index in [1.165, 1.54) is 37.7 Å². The molecule has 0 amide bonds. The number of benzene rings is 1. The minimum absolute atomic E-state index is 0.489. The molecule has 1 aromatic rings. The van der Waals surface area contributed by atoms with Crippen molar-refractivity contribution in [3.8, 4) is 11.5 Å². The Morgan fingerprint density at radius 2 is 1.71 bits per heavy atom. The summed E-state index contributed by atoms with van der Waals surface area (Å²) in [6.07, 6.45) is 9.96. The predicted octanol–water partition coefficient (Wildman–Crippen LogP) is 3.54. The summed E-state index contributed by atoms with van der Waals surface area (Å²) < 4.78 is 16.6. The third-order valence-corrected chi connectivity index (χ3v) is 5.13. The minimum Gasteiger partial charge on any atom is -0.493 e. The number of aliphatic imine (C=N–C) groups is 1. The number of methoxy groups -OCH3 is 2. The topological polar surface area (TPSA) is 64.1 Å². The fourth-order valence-corrected chi connectivity index (χ4v) is 3.52. The summed E-state index contributed by atoms with van der Waals surface area (Å²) in [4.78, 5) is 4.29. The highest BCUT2D eigenvalue weighted by Gasteiger charge is 2.13. The highest BCUT2D eigenvalue weighted by Crippen LogP contribution is 2.27. The second-order valence-corrected chi connectivity index (χ2v) is 7.20. The molecule has 0 spiro atoms. The van der Waals surface area contributed by atoms with Gasteiger partial charge in [-0.1, -0.05) is 25.3 Å². The number of hydrogen-bond donors (Lipinski definition) is 2. The van der Waals surface area contributed by atoms with Crippen LogP contribution in [0.15, 0.2) is 23.2 Å². The van der Waals surface area contributed by atoms with E-state index >= 15 is 0 Å². The van der Waals surface area contributed by atoms with Gasteiger partial charge in [0.2, 0.25) is 0 Å². The third kappa shape index (κ3) is 7.97. The first-order valence-electron chi connectivity index (χ1n) is 10.5. The summed E-state index contributed by atoms with van der Waals surface area (Å²) in [5, 5.41) is 6.73. The van der Waals surface area contributed by atoms with Gasteiger partial charge in [0.25, 0.3) is 0 Å². The Morgan fingerprint density at radius 3 is 2.39 bits per heavy atom. The van der Waals surface area contributed by atoms with E-state index in [2.05, 4.69) is 21.7 Å². The second-order valence-electron chi connectivity index (χ2n) is 7.20. The average molecular weight is 392 g/mol. The Hall–Kier alpha value is -1.95. The predicted molar refractivity (Wildman–Crippen MR) is 115 cm³/mol. The number of guanidine groups is 1. The monoisotopic (exact) mass is 391 g/mol. The lowest BCUT2D eigenvalue weighted by Crippen LogP contribution is -2.38. The Kier molecular flexibility index (Phi) is 10.6. The van der Waals surface area contributed by atoms with E-state index in [1.807, 2.05) is 19.2 Å². The first kappa shape index (κ1) is 22.3. The largest absolute Gasteiger partial charge is 0.493 e. The summed E-state index contributed by atoms with van der Waals surface area (Å²) in [6.45, 7) is 2.57. The molecule has 1 fully saturated rings. The molecule has 0 heterocycles. The van der Waals surface area contributed by atoms with Crippen LogP contribution in [0.25, 0.3) is 0 Å². The molecule has 0 bridgehead atoms. The van der Waals surface area contributed by atoms with Crippen molar-refractivity contribution in [1.29, 1.82) is 0 Å². The molecule has 1 aliphatic rings. The molecule has 28 heavy (non-hydrogen) atoms. The number of nitrogens with zero attached hydrogens (tertiary/aromatic N) is 1. The van der Waals surface area contributed by atoms with Crippen molar-refractivity contribution in [2.24, 2.45) is 4.99 Å². The van der Waals surface area contributed by atoms with Crippen LogP contribution in [0.2, 0.25) is 0 Å². The lowest BCUT2D eigenvalue weighted by molar-refractivity contribution is 0.0277. The van der Waals surface area contributed by atoms with Crippen molar-refractivity contribution in [2.75, 3.05) is 41.0 Å². The van der Waals surface area contributed by atoms with E-state index in [4.69, 9.17) is 14.2 Å². The van der Waals surface area contributed by atoms with Gasteiger partial charge in [0.1, 0.15) is 0 Å². The smallest absolute Gasteiger partial charge is 0.190 e. The lowest BCUT2D eigenvalue weighted by atomic mass is 9.98. The molecule has 6 nitrogen and oxygen atoms in total. The van der Waals surface area contributed by atoms with Gasteiger partial charge in [-0.05, 0) is 49.8 Å². The van der Waals surface area contributed by atoms with Crippen LogP contribution in [0.1, 0.15) is 50.5 Å². The molecule has 0 atom stereocenters. The molecule has 1 aliphatic carbocycles. The summed E-state index contributed by atoms with van der Waals surface area (Å²) in [5.41, 5.74) is 1.24. The molecular formula is C22H37N3O3. The second kappa shape index (κ2) is 13.3. The number of hydrogen-bond acceptors (Lipinski definition) is 4. The Balaban J connectivity index is 1.56. The zero-order valence-corrected chi connectivity index (χ0v) is 17.8. The van der Waals surface area contributed by atoms with Crippen LogP contribution in [0.4, 0.5) is 0 Å². The summed E-state index contributed by atoms with van der Waals surface area (Å²) >= 11 is 0. The van der Waals surface area contributed by atoms with Gasteiger partial charge in [0.05, 0.1) is 20.3 Å². The van der Waals surface area contributed by atoms with Crippen LogP contribution in [-0.4, -0.2) is 53.0 Å². The zero-order valence-electron chi connectivity index (χ0n) is 17.8. The van der Waals surface area contributed by atoms with E-state index in [-0.39, 0.29) is 0 Å². The Labute approximate surface area is 170 Å². The molecule has 158 valence electrons. The molecule has 1 aromatic carbocycles. The maximum Gasteiger partial charge on any atom is 0.190 e. The van der Waals surface area contributed by atoms with Gasteiger partial charge in [0.15, 0.2) is 17.5 Å². The average Bonchev–Trinajstić information content (AvgIpc) is 2.75. The maximum absolute atomic E-state index is 5.96. The van der Waals surface area contributed by atoms with Crippen molar-refractivity contribution in [3.05, 3.63) is 23.8 Å². The van der Waals surface area contributed by atoms with Gasteiger partial charge < -0.3 is 24.8 Å². The number of aryl methyl sites for hydroxylation is 1. The van der Waals surface area contributed by atoms with Crippen molar-refractivity contribution < 1.29 is 14.2 Å². The quantitative estimate of drug-likeness (QED) is 0.343. The minimum atomic E-state index is 0.489. The van der Waals surface area contributed by atoms with Crippen molar-refractivity contribution in [2.45, 2.75) is 57.5 Å². The van der Waals surface area contributed by atoms with Gasteiger partial charge >= 0.3 is 0 Å². The van der Waals surface area contributed by atoms with Gasteiger partial charge in [0, 0.05) is 26.7 Å². The van der Waals surface area contributed by atoms with Crippen LogP contribution in [0.3, 0.4) is 0 Å². The van der Waals surface area contributed by atoms with Gasteiger partial charge in [-0.2, -0.15) is 0 Å². The van der Waals surface area contributed by atoms with Gasteiger partial charge in [-0.3, -0.25) is 4.99 Å². The highest BCUT2D eigenvalue weighted by atomic mass is 16.5. The number of nitrogens with one attached hydrogen (secondary N) is 2. The van der Waals surface area contributed by atoms with Crippen LogP contribution >= 0.6 is 0 Å². The SMILES string of the molecule is CN=C(NCCCOC1CCCCC1)NCCCc1ccc(OC)c(OC)c1. The van der Waals surface area contributed by atoms with Gasteiger partial charge in [-0.25, -0.2) is 0 Å². The molecule has 0 unspecified atom stereocenters.